The van der Waals surface area contributed by atoms with E-state index >= 15 is 0 Å². The van der Waals surface area contributed by atoms with Crippen LogP contribution in [0.15, 0.2) is 42.6 Å². The van der Waals surface area contributed by atoms with Crippen LogP contribution in [0.4, 0.5) is 4.39 Å². The molecule has 2 fully saturated rings. The molecule has 1 aliphatic heterocycles. The minimum absolute atomic E-state index is 0.0639. The van der Waals surface area contributed by atoms with Crippen molar-refractivity contribution in [3.63, 3.8) is 0 Å². The Morgan fingerprint density at radius 3 is 2.67 bits per heavy atom. The molecule has 39 heavy (non-hydrogen) atoms. The summed E-state index contributed by atoms with van der Waals surface area (Å²) < 4.78 is 20.3. The molecule has 1 atom stereocenters. The number of likely N-dealkylation sites (tertiary alicyclic amines) is 1. The Morgan fingerprint density at radius 1 is 1.26 bits per heavy atom. The lowest BCUT2D eigenvalue weighted by Crippen LogP contribution is -2.56. The molecular formula is C30H31FN4O4. The van der Waals surface area contributed by atoms with Gasteiger partial charge < -0.3 is 19.5 Å². The van der Waals surface area contributed by atoms with Crippen LogP contribution in [-0.4, -0.2) is 62.2 Å². The number of benzene rings is 2. The van der Waals surface area contributed by atoms with Gasteiger partial charge in [0, 0.05) is 22.9 Å². The molecule has 1 saturated carbocycles. The third-order valence-corrected chi connectivity index (χ3v) is 8.45. The number of hydrogen-bond donors (Lipinski definition) is 2. The zero-order valence-electron chi connectivity index (χ0n) is 22.2. The molecule has 1 saturated heterocycles. The molecule has 6 rings (SSSR count). The standard InChI is InChI=1S/C30H31FN4O4/c1-17(2)26-25(18-4-6-20(31)7-5-18)22-10-19-14-32-34-24(19)11-23(22)27(33-26)39-21-12-30(13-21)8-9-35(28(30)38)29(3,15-36)16-37/h4-7,10-11,14-15,17,21,37H,8-9,12-13,16H2,1-3H3,(H,32,34)/t21-,29?,30-. The van der Waals surface area contributed by atoms with Gasteiger partial charge >= 0.3 is 0 Å². The number of fused-ring (bicyclic) bond motifs is 2. The van der Waals surface area contributed by atoms with E-state index in [-0.39, 0.29) is 23.7 Å². The number of carbonyl (C=O) groups is 2. The van der Waals surface area contributed by atoms with Crippen LogP contribution >= 0.6 is 0 Å². The Hall–Kier alpha value is -3.85. The number of pyridine rings is 1. The average molecular weight is 531 g/mol. The van der Waals surface area contributed by atoms with E-state index in [4.69, 9.17) is 9.72 Å². The molecule has 1 amide bonds. The van der Waals surface area contributed by atoms with Crippen molar-refractivity contribution < 1.29 is 23.8 Å². The first kappa shape index (κ1) is 25.4. The fourth-order valence-corrected chi connectivity index (χ4v) is 6.09. The van der Waals surface area contributed by atoms with E-state index in [2.05, 4.69) is 30.1 Å². The van der Waals surface area contributed by atoms with Gasteiger partial charge in [0.2, 0.25) is 11.8 Å². The van der Waals surface area contributed by atoms with Crippen molar-refractivity contribution in [2.75, 3.05) is 13.2 Å². The van der Waals surface area contributed by atoms with E-state index in [0.717, 1.165) is 38.5 Å². The van der Waals surface area contributed by atoms with Crippen molar-refractivity contribution in [1.29, 1.82) is 0 Å². The zero-order chi connectivity index (χ0) is 27.5. The fraction of sp³-hybridized carbons (Fsp3) is 0.400. The lowest BCUT2D eigenvalue weighted by Gasteiger charge is -2.44. The summed E-state index contributed by atoms with van der Waals surface area (Å²) in [6, 6.07) is 10.5. The first-order valence-electron chi connectivity index (χ1n) is 13.3. The molecule has 0 radical (unpaired) electrons. The molecule has 2 aromatic carbocycles. The average Bonchev–Trinajstić information content (AvgIpc) is 3.51. The summed E-state index contributed by atoms with van der Waals surface area (Å²) in [6.45, 7) is 5.75. The topological polar surface area (TPSA) is 108 Å². The van der Waals surface area contributed by atoms with Crippen LogP contribution in [0.2, 0.25) is 0 Å². The van der Waals surface area contributed by atoms with Gasteiger partial charge in [0.1, 0.15) is 23.7 Å². The third-order valence-electron chi connectivity index (χ3n) is 8.45. The van der Waals surface area contributed by atoms with Crippen molar-refractivity contribution in [2.45, 2.75) is 57.6 Å². The molecule has 2 aromatic heterocycles. The number of aldehydes is 1. The van der Waals surface area contributed by atoms with Gasteiger partial charge in [-0.25, -0.2) is 9.37 Å². The minimum atomic E-state index is -1.21. The van der Waals surface area contributed by atoms with E-state index < -0.39 is 17.6 Å². The monoisotopic (exact) mass is 530 g/mol. The van der Waals surface area contributed by atoms with Gasteiger partial charge in [-0.2, -0.15) is 5.10 Å². The first-order valence-corrected chi connectivity index (χ1v) is 13.3. The lowest BCUT2D eigenvalue weighted by molar-refractivity contribution is -0.153. The smallest absolute Gasteiger partial charge is 0.230 e. The second kappa shape index (κ2) is 9.12. The molecule has 8 nitrogen and oxygen atoms in total. The quantitative estimate of drug-likeness (QED) is 0.334. The third kappa shape index (κ3) is 3.98. The summed E-state index contributed by atoms with van der Waals surface area (Å²) in [5, 5.41) is 19.6. The minimum Gasteiger partial charge on any atom is -0.474 e. The number of aromatic amines is 1. The summed E-state index contributed by atoms with van der Waals surface area (Å²) >= 11 is 0. The zero-order valence-corrected chi connectivity index (χ0v) is 22.2. The highest BCUT2D eigenvalue weighted by Gasteiger charge is 2.59. The van der Waals surface area contributed by atoms with Crippen molar-refractivity contribution >= 4 is 33.9 Å². The second-order valence-corrected chi connectivity index (χ2v) is 11.5. The summed E-state index contributed by atoms with van der Waals surface area (Å²) in [6.07, 6.45) is 3.88. The van der Waals surface area contributed by atoms with Gasteiger partial charge in [-0.3, -0.25) is 9.89 Å². The number of aliphatic hydroxyl groups excluding tert-OH is 1. The Bertz CT molecular complexity index is 1590. The first-order chi connectivity index (χ1) is 18.7. The predicted octanol–water partition coefficient (Wildman–Crippen LogP) is 4.75. The SMILES string of the molecule is CC(C)c1nc(O[C@H]2C[C@@]3(CCN(C(C)(C=O)CO)C3=O)C2)c2cc3[nH]ncc3cc2c1-c1ccc(F)cc1. The number of aromatic nitrogens is 3. The van der Waals surface area contributed by atoms with E-state index in [1.165, 1.54) is 17.0 Å². The van der Waals surface area contributed by atoms with Gasteiger partial charge in [0.25, 0.3) is 0 Å². The maximum atomic E-state index is 13.8. The summed E-state index contributed by atoms with van der Waals surface area (Å²) in [5.74, 6) is 0.156. The highest BCUT2D eigenvalue weighted by Crippen LogP contribution is 2.52. The van der Waals surface area contributed by atoms with Crippen LogP contribution in [0.1, 0.15) is 51.6 Å². The van der Waals surface area contributed by atoms with Crippen molar-refractivity contribution in [3.05, 3.63) is 54.1 Å². The number of nitrogens with one attached hydrogen (secondary N) is 1. The summed E-state index contributed by atoms with van der Waals surface area (Å²) in [4.78, 5) is 31.5. The van der Waals surface area contributed by atoms with Crippen LogP contribution in [-0.2, 0) is 9.59 Å². The number of amides is 1. The van der Waals surface area contributed by atoms with Crippen LogP contribution < -0.4 is 4.74 Å². The van der Waals surface area contributed by atoms with Crippen molar-refractivity contribution in [3.8, 4) is 17.0 Å². The highest BCUT2D eigenvalue weighted by atomic mass is 19.1. The molecule has 2 N–H and O–H groups in total. The second-order valence-electron chi connectivity index (χ2n) is 11.5. The van der Waals surface area contributed by atoms with Gasteiger partial charge in [-0.05, 0) is 67.3 Å². The number of halogens is 1. The van der Waals surface area contributed by atoms with Gasteiger partial charge in [-0.15, -0.1) is 0 Å². The van der Waals surface area contributed by atoms with Gasteiger partial charge in [-0.1, -0.05) is 26.0 Å². The number of aliphatic hydroxyl groups is 1. The summed E-state index contributed by atoms with van der Waals surface area (Å²) in [5.41, 5.74) is 1.70. The Kier molecular flexibility index (Phi) is 5.95. The molecule has 1 spiro atoms. The van der Waals surface area contributed by atoms with E-state index in [9.17, 15) is 19.1 Å². The fourth-order valence-electron chi connectivity index (χ4n) is 6.09. The normalized spacial score (nSPS) is 22.6. The Morgan fingerprint density at radius 2 is 2.00 bits per heavy atom. The van der Waals surface area contributed by atoms with E-state index in [0.29, 0.717) is 38.0 Å². The maximum Gasteiger partial charge on any atom is 0.230 e. The molecule has 202 valence electrons. The number of ether oxygens (including phenoxy) is 1. The Labute approximate surface area is 225 Å². The molecule has 4 aromatic rings. The number of H-pyrrole nitrogens is 1. The van der Waals surface area contributed by atoms with Gasteiger partial charge in [0.15, 0.2) is 0 Å². The molecule has 1 unspecified atom stereocenters. The largest absolute Gasteiger partial charge is 0.474 e. The number of nitrogens with zero attached hydrogens (tertiary/aromatic N) is 3. The molecule has 3 heterocycles. The molecule has 1 aliphatic carbocycles. The highest BCUT2D eigenvalue weighted by molar-refractivity contribution is 6.06. The molecule has 2 aliphatic rings. The maximum absolute atomic E-state index is 13.8. The van der Waals surface area contributed by atoms with Crippen LogP contribution in [0, 0.1) is 11.2 Å². The van der Waals surface area contributed by atoms with E-state index in [1.54, 1.807) is 25.3 Å². The van der Waals surface area contributed by atoms with Gasteiger partial charge in [0.05, 0.1) is 29.4 Å². The predicted molar refractivity (Wildman–Crippen MR) is 145 cm³/mol. The lowest BCUT2D eigenvalue weighted by atomic mass is 9.65. The Balaban J connectivity index is 1.38. The number of carbonyl (C=O) groups excluding carboxylic acids is 2. The van der Waals surface area contributed by atoms with E-state index in [1.807, 2.05) is 6.07 Å². The summed E-state index contributed by atoms with van der Waals surface area (Å²) in [7, 11) is 0. The van der Waals surface area contributed by atoms with Crippen LogP contribution in [0.3, 0.4) is 0 Å². The number of rotatable bonds is 7. The molecular weight excluding hydrogens is 499 g/mol. The van der Waals surface area contributed by atoms with Crippen molar-refractivity contribution in [2.24, 2.45) is 5.41 Å². The van der Waals surface area contributed by atoms with Crippen molar-refractivity contribution in [1.82, 2.24) is 20.1 Å². The molecule has 0 bridgehead atoms. The molecule has 9 heteroatoms. The van der Waals surface area contributed by atoms with Crippen LogP contribution in [0.25, 0.3) is 32.8 Å². The number of hydrogen-bond acceptors (Lipinski definition) is 6. The van der Waals surface area contributed by atoms with Crippen LogP contribution in [0.5, 0.6) is 5.88 Å².